The van der Waals surface area contributed by atoms with Gasteiger partial charge in [-0.25, -0.2) is 4.98 Å². The first kappa shape index (κ1) is 14.0. The van der Waals surface area contributed by atoms with Crippen molar-refractivity contribution in [3.8, 4) is 0 Å². The lowest BCUT2D eigenvalue weighted by molar-refractivity contribution is -0.117. The fourth-order valence-electron chi connectivity index (χ4n) is 1.95. The van der Waals surface area contributed by atoms with Crippen molar-refractivity contribution in [1.82, 2.24) is 4.98 Å². The summed E-state index contributed by atoms with van der Waals surface area (Å²) in [5.74, 6) is -0.286. The zero-order valence-corrected chi connectivity index (χ0v) is 12.5. The van der Waals surface area contributed by atoms with Gasteiger partial charge in [-0.2, -0.15) is 0 Å². The molecule has 3 aromatic rings. The molecule has 0 aliphatic heterocycles. The summed E-state index contributed by atoms with van der Waals surface area (Å²) in [6.45, 7) is 0. The molecule has 1 heterocycles. The quantitative estimate of drug-likeness (QED) is 0.775. The van der Waals surface area contributed by atoms with Crippen LogP contribution in [0.1, 0.15) is 11.6 Å². The lowest BCUT2D eigenvalue weighted by atomic mass is 10.1. The number of carbonyl (C=O) groups is 1. The SMILES string of the molecule is N[C@@H](C(=O)Nc1nc2ccc(Cl)cc2s1)c1ccccc1. The number of carbonyl (C=O) groups excluding carboxylic acids is 1. The summed E-state index contributed by atoms with van der Waals surface area (Å²) in [5, 5.41) is 3.91. The van der Waals surface area contributed by atoms with Crippen molar-refractivity contribution < 1.29 is 4.79 Å². The first-order valence-electron chi connectivity index (χ1n) is 6.31. The van der Waals surface area contributed by atoms with Gasteiger partial charge in [0, 0.05) is 5.02 Å². The number of amides is 1. The minimum Gasteiger partial charge on any atom is -0.316 e. The van der Waals surface area contributed by atoms with Crippen LogP contribution in [0, 0.1) is 0 Å². The van der Waals surface area contributed by atoms with E-state index in [1.165, 1.54) is 11.3 Å². The van der Waals surface area contributed by atoms with Crippen LogP contribution in [-0.4, -0.2) is 10.9 Å². The largest absolute Gasteiger partial charge is 0.316 e. The van der Waals surface area contributed by atoms with Gasteiger partial charge in [0.2, 0.25) is 5.91 Å². The molecule has 3 N–H and O–H groups in total. The van der Waals surface area contributed by atoms with Crippen LogP contribution in [0.2, 0.25) is 5.02 Å². The molecule has 0 saturated heterocycles. The highest BCUT2D eigenvalue weighted by Gasteiger charge is 2.17. The molecule has 0 unspecified atom stereocenters. The summed E-state index contributed by atoms with van der Waals surface area (Å²) in [5.41, 5.74) is 7.51. The van der Waals surface area contributed by atoms with Crippen molar-refractivity contribution in [2.75, 3.05) is 5.32 Å². The first-order chi connectivity index (χ1) is 10.1. The van der Waals surface area contributed by atoms with Crippen LogP contribution in [0.15, 0.2) is 48.5 Å². The molecule has 3 rings (SSSR count). The van der Waals surface area contributed by atoms with Gasteiger partial charge in [0.15, 0.2) is 5.13 Å². The second kappa shape index (κ2) is 5.81. The highest BCUT2D eigenvalue weighted by atomic mass is 35.5. The van der Waals surface area contributed by atoms with Gasteiger partial charge < -0.3 is 11.1 Å². The average molecular weight is 318 g/mol. The smallest absolute Gasteiger partial charge is 0.247 e. The van der Waals surface area contributed by atoms with Crippen molar-refractivity contribution >= 4 is 44.2 Å². The third-order valence-corrected chi connectivity index (χ3v) is 4.19. The Hall–Kier alpha value is -1.95. The first-order valence-corrected chi connectivity index (χ1v) is 7.50. The third-order valence-electron chi connectivity index (χ3n) is 3.02. The Morgan fingerprint density at radius 1 is 1.24 bits per heavy atom. The number of hydrogen-bond donors (Lipinski definition) is 2. The molecular formula is C15H12ClN3OS. The Labute approximate surface area is 130 Å². The molecule has 1 amide bonds. The van der Waals surface area contributed by atoms with Crippen LogP contribution in [0.5, 0.6) is 0 Å². The van der Waals surface area contributed by atoms with Gasteiger partial charge in [-0.1, -0.05) is 53.3 Å². The summed E-state index contributed by atoms with van der Waals surface area (Å²) >= 11 is 7.31. The van der Waals surface area contributed by atoms with Crippen molar-refractivity contribution in [3.63, 3.8) is 0 Å². The van der Waals surface area contributed by atoms with Gasteiger partial charge >= 0.3 is 0 Å². The Morgan fingerprint density at radius 3 is 2.76 bits per heavy atom. The molecule has 4 nitrogen and oxygen atoms in total. The molecule has 0 aliphatic rings. The minimum atomic E-state index is -0.721. The van der Waals surface area contributed by atoms with Gasteiger partial charge in [-0.15, -0.1) is 0 Å². The van der Waals surface area contributed by atoms with Crippen molar-refractivity contribution in [1.29, 1.82) is 0 Å². The number of nitrogens with zero attached hydrogens (tertiary/aromatic N) is 1. The number of fused-ring (bicyclic) bond motifs is 1. The predicted molar refractivity (Wildman–Crippen MR) is 86.6 cm³/mol. The fraction of sp³-hybridized carbons (Fsp3) is 0.0667. The van der Waals surface area contributed by atoms with Gasteiger partial charge in [0.1, 0.15) is 6.04 Å². The molecule has 1 aromatic heterocycles. The summed E-state index contributed by atoms with van der Waals surface area (Å²) in [4.78, 5) is 16.5. The second-order valence-corrected chi connectivity index (χ2v) is 5.98. The third kappa shape index (κ3) is 3.05. The van der Waals surface area contributed by atoms with Gasteiger partial charge in [-0.05, 0) is 23.8 Å². The Morgan fingerprint density at radius 2 is 2.00 bits per heavy atom. The number of halogens is 1. The molecule has 106 valence electrons. The zero-order valence-electron chi connectivity index (χ0n) is 10.9. The van der Waals surface area contributed by atoms with E-state index in [0.717, 1.165) is 15.8 Å². The molecule has 1 atom stereocenters. The minimum absolute atomic E-state index is 0.286. The van der Waals surface area contributed by atoms with Gasteiger partial charge in [-0.3, -0.25) is 4.79 Å². The predicted octanol–water partition coefficient (Wildman–Crippen LogP) is 3.59. The maximum Gasteiger partial charge on any atom is 0.247 e. The molecule has 21 heavy (non-hydrogen) atoms. The van der Waals surface area contributed by atoms with E-state index in [2.05, 4.69) is 10.3 Å². The molecule has 0 bridgehead atoms. The average Bonchev–Trinajstić information content (AvgIpc) is 2.88. The summed E-state index contributed by atoms with van der Waals surface area (Å²) < 4.78 is 0.922. The molecule has 0 spiro atoms. The maximum absolute atomic E-state index is 12.2. The van der Waals surface area contributed by atoms with E-state index in [1.807, 2.05) is 42.5 Å². The Balaban J connectivity index is 1.80. The van der Waals surface area contributed by atoms with E-state index >= 15 is 0 Å². The van der Waals surface area contributed by atoms with Crippen LogP contribution in [0.3, 0.4) is 0 Å². The summed E-state index contributed by atoms with van der Waals surface area (Å²) in [7, 11) is 0. The van der Waals surface area contributed by atoms with E-state index in [1.54, 1.807) is 6.07 Å². The number of hydrogen-bond acceptors (Lipinski definition) is 4. The maximum atomic E-state index is 12.2. The van der Waals surface area contributed by atoms with E-state index < -0.39 is 6.04 Å². The number of benzene rings is 2. The van der Waals surface area contributed by atoms with E-state index in [4.69, 9.17) is 17.3 Å². The lowest BCUT2D eigenvalue weighted by Gasteiger charge is -2.10. The van der Waals surface area contributed by atoms with Crippen molar-refractivity contribution in [3.05, 3.63) is 59.1 Å². The number of anilines is 1. The van der Waals surface area contributed by atoms with Crippen LogP contribution in [0.25, 0.3) is 10.2 Å². The summed E-state index contributed by atoms with van der Waals surface area (Å²) in [6, 6.07) is 13.9. The number of nitrogens with two attached hydrogens (primary N) is 1. The normalized spacial score (nSPS) is 12.3. The standard InChI is InChI=1S/C15H12ClN3OS/c16-10-6-7-11-12(8-10)21-15(18-11)19-14(20)13(17)9-4-2-1-3-5-9/h1-8,13H,17H2,(H,18,19,20)/t13-/m1/s1. The molecule has 0 fully saturated rings. The zero-order chi connectivity index (χ0) is 14.8. The van der Waals surface area contributed by atoms with E-state index in [9.17, 15) is 4.79 Å². The fourth-order valence-corrected chi connectivity index (χ4v) is 3.09. The lowest BCUT2D eigenvalue weighted by Crippen LogP contribution is -2.27. The topological polar surface area (TPSA) is 68.0 Å². The van der Waals surface area contributed by atoms with Crippen LogP contribution in [-0.2, 0) is 4.79 Å². The van der Waals surface area contributed by atoms with Crippen LogP contribution < -0.4 is 11.1 Å². The van der Waals surface area contributed by atoms with Gasteiger partial charge in [0.05, 0.1) is 10.2 Å². The molecular weight excluding hydrogens is 306 g/mol. The molecule has 2 aromatic carbocycles. The Kier molecular flexibility index (Phi) is 3.88. The summed E-state index contributed by atoms with van der Waals surface area (Å²) in [6.07, 6.45) is 0. The van der Waals surface area contributed by atoms with Crippen molar-refractivity contribution in [2.45, 2.75) is 6.04 Å². The highest BCUT2D eigenvalue weighted by molar-refractivity contribution is 7.22. The van der Waals surface area contributed by atoms with Crippen LogP contribution in [0.4, 0.5) is 5.13 Å². The second-order valence-electron chi connectivity index (χ2n) is 4.51. The number of thiazole rings is 1. The number of aromatic nitrogens is 1. The molecule has 0 saturated carbocycles. The van der Waals surface area contributed by atoms with E-state index in [-0.39, 0.29) is 5.91 Å². The molecule has 0 aliphatic carbocycles. The van der Waals surface area contributed by atoms with Crippen molar-refractivity contribution in [2.24, 2.45) is 5.73 Å². The molecule has 6 heteroatoms. The van der Waals surface area contributed by atoms with E-state index in [0.29, 0.717) is 10.2 Å². The van der Waals surface area contributed by atoms with Gasteiger partial charge in [0.25, 0.3) is 0 Å². The van der Waals surface area contributed by atoms with Crippen LogP contribution >= 0.6 is 22.9 Å². The Bertz CT molecular complexity index is 788. The number of rotatable bonds is 3. The number of nitrogens with one attached hydrogen (secondary N) is 1. The molecule has 0 radical (unpaired) electrons. The monoisotopic (exact) mass is 317 g/mol. The highest BCUT2D eigenvalue weighted by Crippen LogP contribution is 2.28.